The monoisotopic (exact) mass is 203 g/mol. The van der Waals surface area contributed by atoms with E-state index in [1.165, 1.54) is 0 Å². The highest BCUT2D eigenvalue weighted by molar-refractivity contribution is 4.83. The van der Waals surface area contributed by atoms with Crippen molar-refractivity contribution in [3.05, 3.63) is 30.6 Å². The maximum Gasteiger partial charge on any atom is 0.259 e. The Kier molecular flexibility index (Phi) is 6.49. The predicted octanol–water partition coefficient (Wildman–Crippen LogP) is -2.49. The van der Waals surface area contributed by atoms with Crippen LogP contribution in [0.4, 0.5) is 0 Å². The van der Waals surface area contributed by atoms with Crippen LogP contribution in [0.1, 0.15) is 13.2 Å². The minimum atomic E-state index is -0.0154. The van der Waals surface area contributed by atoms with Gasteiger partial charge in [-0.25, -0.2) is 0 Å². The Morgan fingerprint density at radius 2 is 1.92 bits per heavy atom. The summed E-state index contributed by atoms with van der Waals surface area (Å²) in [6, 6.07) is 5.84. The zero-order valence-corrected chi connectivity index (χ0v) is 8.31. The summed E-state index contributed by atoms with van der Waals surface area (Å²) < 4.78 is 7.23. The Morgan fingerprint density at radius 3 is 2.46 bits per heavy atom. The quantitative estimate of drug-likeness (QED) is 0.550. The fraction of sp³-hybridized carbons (Fsp3) is 0.444. The van der Waals surface area contributed by atoms with Crippen molar-refractivity contribution in [2.75, 3.05) is 13.2 Å². The molecule has 0 aliphatic carbocycles. The zero-order chi connectivity index (χ0) is 8.81. The predicted molar refractivity (Wildman–Crippen MR) is 44.4 cm³/mol. The number of halogens is 1. The summed E-state index contributed by atoms with van der Waals surface area (Å²) in [5.41, 5.74) is 0. The van der Waals surface area contributed by atoms with Gasteiger partial charge in [0, 0.05) is 19.1 Å². The van der Waals surface area contributed by atoms with Crippen LogP contribution in [-0.4, -0.2) is 18.3 Å². The van der Waals surface area contributed by atoms with E-state index in [0.29, 0.717) is 6.61 Å². The molecule has 0 fully saturated rings. The van der Waals surface area contributed by atoms with Crippen LogP contribution >= 0.6 is 0 Å². The first kappa shape index (κ1) is 12.4. The van der Waals surface area contributed by atoms with E-state index in [1.807, 2.05) is 42.1 Å². The van der Waals surface area contributed by atoms with Crippen molar-refractivity contribution in [2.45, 2.75) is 13.2 Å². The van der Waals surface area contributed by atoms with Crippen LogP contribution in [-0.2, 0) is 4.74 Å². The zero-order valence-electron chi connectivity index (χ0n) is 7.56. The second-order valence-electron chi connectivity index (χ2n) is 2.52. The highest BCUT2D eigenvalue weighted by Gasteiger charge is 2.09. The first-order valence-electron chi connectivity index (χ1n) is 4.03. The molecule has 0 bridgehead atoms. The van der Waals surface area contributed by atoms with Gasteiger partial charge in [0.1, 0.15) is 0 Å². The molecule has 1 rings (SSSR count). The van der Waals surface area contributed by atoms with Gasteiger partial charge in [0.15, 0.2) is 12.4 Å². The molecule has 1 N–H and O–H groups in total. The summed E-state index contributed by atoms with van der Waals surface area (Å²) in [5, 5.41) is 8.53. The minimum absolute atomic E-state index is 0. The molecule has 74 valence electrons. The number of pyridine rings is 1. The van der Waals surface area contributed by atoms with Crippen LogP contribution in [0, 0.1) is 0 Å². The van der Waals surface area contributed by atoms with Crippen LogP contribution < -0.4 is 17.0 Å². The number of nitrogens with zero attached hydrogens (tertiary/aromatic N) is 1. The molecule has 0 spiro atoms. The summed E-state index contributed by atoms with van der Waals surface area (Å²) in [4.78, 5) is 0. The fourth-order valence-electron chi connectivity index (χ4n) is 0.964. The molecule has 3 nitrogen and oxygen atoms in total. The minimum Gasteiger partial charge on any atom is -1.00 e. The van der Waals surface area contributed by atoms with E-state index in [9.17, 15) is 0 Å². The smallest absolute Gasteiger partial charge is 0.259 e. The molecule has 0 aromatic carbocycles. The van der Waals surface area contributed by atoms with E-state index in [1.54, 1.807) is 0 Å². The SMILES string of the molecule is CC(OCCO)[n+]1ccccc1.[Cl-]. The van der Waals surface area contributed by atoms with Gasteiger partial charge in [-0.3, -0.25) is 0 Å². The molecule has 0 aliphatic heterocycles. The van der Waals surface area contributed by atoms with Gasteiger partial charge in [0.25, 0.3) is 6.23 Å². The van der Waals surface area contributed by atoms with Crippen molar-refractivity contribution in [1.29, 1.82) is 0 Å². The molecule has 1 aromatic rings. The van der Waals surface area contributed by atoms with Gasteiger partial charge in [-0.1, -0.05) is 6.07 Å². The molecule has 4 heteroatoms. The Hall–Kier alpha value is -0.640. The molecule has 13 heavy (non-hydrogen) atoms. The van der Waals surface area contributed by atoms with E-state index in [-0.39, 0.29) is 25.2 Å². The molecule has 1 heterocycles. The largest absolute Gasteiger partial charge is 1.00 e. The van der Waals surface area contributed by atoms with Gasteiger partial charge in [-0.15, -0.1) is 0 Å². The molecule has 1 unspecified atom stereocenters. The Labute approximate surface area is 84.4 Å². The second-order valence-corrected chi connectivity index (χ2v) is 2.52. The van der Waals surface area contributed by atoms with E-state index in [2.05, 4.69) is 0 Å². The topological polar surface area (TPSA) is 33.3 Å². The average Bonchev–Trinajstić information content (AvgIpc) is 2.15. The number of hydrogen-bond donors (Lipinski definition) is 1. The van der Waals surface area contributed by atoms with Gasteiger partial charge in [-0.05, 0) is 0 Å². The van der Waals surface area contributed by atoms with Gasteiger partial charge >= 0.3 is 0 Å². The number of hydrogen-bond acceptors (Lipinski definition) is 2. The number of aliphatic hydroxyl groups is 1. The van der Waals surface area contributed by atoms with Crippen molar-refractivity contribution in [2.24, 2.45) is 0 Å². The Balaban J connectivity index is 0.00000144. The van der Waals surface area contributed by atoms with Crippen molar-refractivity contribution in [1.82, 2.24) is 0 Å². The molecular weight excluding hydrogens is 190 g/mol. The van der Waals surface area contributed by atoms with Crippen LogP contribution in [0.5, 0.6) is 0 Å². The lowest BCUT2D eigenvalue weighted by Gasteiger charge is -2.06. The molecule has 1 aromatic heterocycles. The number of rotatable bonds is 4. The lowest BCUT2D eigenvalue weighted by atomic mass is 10.4. The lowest BCUT2D eigenvalue weighted by molar-refractivity contribution is -0.758. The van der Waals surface area contributed by atoms with Crippen molar-refractivity contribution in [3.63, 3.8) is 0 Å². The van der Waals surface area contributed by atoms with Crippen LogP contribution in [0.15, 0.2) is 30.6 Å². The maximum absolute atomic E-state index is 8.53. The second kappa shape index (κ2) is 6.83. The maximum atomic E-state index is 8.53. The summed E-state index contributed by atoms with van der Waals surface area (Å²) in [6.07, 6.45) is 3.85. The molecule has 0 aliphatic rings. The average molecular weight is 204 g/mol. The third kappa shape index (κ3) is 4.22. The number of aromatic nitrogens is 1. The van der Waals surface area contributed by atoms with Gasteiger partial charge in [-0.2, -0.15) is 4.57 Å². The molecule has 0 amide bonds. The first-order valence-corrected chi connectivity index (χ1v) is 4.03. The standard InChI is InChI=1S/C9H14NO2.ClH/c1-9(12-8-7-11)10-5-3-2-4-6-10;/h2-6,9,11H,7-8H2,1H3;1H/q+1;/p-1. The van der Waals surface area contributed by atoms with Crippen molar-refractivity contribution in [3.8, 4) is 0 Å². The summed E-state index contributed by atoms with van der Waals surface area (Å²) in [5.74, 6) is 0. The van der Waals surface area contributed by atoms with E-state index < -0.39 is 0 Å². The summed E-state index contributed by atoms with van der Waals surface area (Å²) in [6.45, 7) is 2.39. The molecular formula is C9H14ClNO2. The van der Waals surface area contributed by atoms with Gasteiger partial charge < -0.3 is 22.3 Å². The Morgan fingerprint density at radius 1 is 1.31 bits per heavy atom. The summed E-state index contributed by atoms with van der Waals surface area (Å²) in [7, 11) is 0. The molecule has 0 saturated carbocycles. The van der Waals surface area contributed by atoms with Crippen molar-refractivity contribution >= 4 is 0 Å². The Bertz CT molecular complexity index is 218. The number of aliphatic hydroxyl groups excluding tert-OH is 1. The molecule has 0 radical (unpaired) electrons. The van der Waals surface area contributed by atoms with E-state index >= 15 is 0 Å². The van der Waals surface area contributed by atoms with Crippen LogP contribution in [0.3, 0.4) is 0 Å². The summed E-state index contributed by atoms with van der Waals surface area (Å²) >= 11 is 0. The van der Waals surface area contributed by atoms with Gasteiger partial charge in [0.05, 0.1) is 13.2 Å². The van der Waals surface area contributed by atoms with Crippen molar-refractivity contribution < 1.29 is 26.8 Å². The highest BCUT2D eigenvalue weighted by atomic mass is 35.5. The highest BCUT2D eigenvalue weighted by Crippen LogP contribution is 1.95. The third-order valence-electron chi connectivity index (χ3n) is 1.61. The fourth-order valence-corrected chi connectivity index (χ4v) is 0.964. The van der Waals surface area contributed by atoms with Crippen LogP contribution in [0.2, 0.25) is 0 Å². The normalized spacial score (nSPS) is 11.8. The lowest BCUT2D eigenvalue weighted by Crippen LogP contribution is -3.00. The molecule has 1 atom stereocenters. The van der Waals surface area contributed by atoms with Crippen LogP contribution in [0.25, 0.3) is 0 Å². The third-order valence-corrected chi connectivity index (χ3v) is 1.61. The first-order chi connectivity index (χ1) is 5.84. The number of ether oxygens (including phenoxy) is 1. The van der Waals surface area contributed by atoms with E-state index in [4.69, 9.17) is 9.84 Å². The van der Waals surface area contributed by atoms with Gasteiger partial charge in [0.2, 0.25) is 0 Å². The molecule has 0 saturated heterocycles. The van der Waals surface area contributed by atoms with E-state index in [0.717, 1.165) is 0 Å².